The fraction of sp³-hybridized carbons (Fsp3) is 0.333. The van der Waals surface area contributed by atoms with E-state index in [1.54, 1.807) is 6.07 Å². The molecule has 0 aliphatic carbocycles. The summed E-state index contributed by atoms with van der Waals surface area (Å²) in [5.74, 6) is 2.57. The van der Waals surface area contributed by atoms with Gasteiger partial charge in [0.2, 0.25) is 0 Å². The molecule has 0 spiro atoms. The third kappa shape index (κ3) is 3.84. The monoisotopic (exact) mass is 296 g/mol. The summed E-state index contributed by atoms with van der Waals surface area (Å²) in [5, 5.41) is 14.0. The Kier molecular flexibility index (Phi) is 5.13. The summed E-state index contributed by atoms with van der Waals surface area (Å²) in [6.07, 6.45) is 5.84. The molecule has 1 rings (SSSR count). The van der Waals surface area contributed by atoms with Crippen LogP contribution in [-0.4, -0.2) is 11.0 Å². The summed E-state index contributed by atoms with van der Waals surface area (Å²) in [7, 11) is 0. The molecule has 1 N–H and O–H groups in total. The van der Waals surface area contributed by atoms with Gasteiger partial charge in [-0.05, 0) is 28.4 Å². The Hall–Kier alpha value is -1.38. The van der Waals surface area contributed by atoms with Crippen molar-refractivity contribution in [2.75, 3.05) is 0 Å². The molecule has 1 aromatic carbocycles. The molecule has 0 radical (unpaired) electrons. The second-order valence-electron chi connectivity index (χ2n) is 3.70. The highest BCUT2D eigenvalue weighted by Gasteiger charge is 2.14. The van der Waals surface area contributed by atoms with Gasteiger partial charge in [0.15, 0.2) is 0 Å². The van der Waals surface area contributed by atoms with E-state index in [2.05, 4.69) is 27.2 Å². The Bertz CT molecular complexity index is 454. The molecule has 90 valence electrons. The zero-order valence-corrected chi connectivity index (χ0v) is 11.0. The van der Waals surface area contributed by atoms with Gasteiger partial charge in [0.25, 0.3) is 5.69 Å². The van der Waals surface area contributed by atoms with Gasteiger partial charge in [0.1, 0.15) is 0 Å². The van der Waals surface area contributed by atoms with E-state index in [1.165, 1.54) is 6.07 Å². The minimum absolute atomic E-state index is 0.0777. The minimum atomic E-state index is -0.404. The summed E-state index contributed by atoms with van der Waals surface area (Å²) in [6, 6.07) is 5.17. The standard InChI is InChI=1S/C12H13BrN2O2/c1-3-5-9(2)14-8-10-6-4-7-11(12(10)13)15(16)17/h1,4,6-7,9,14H,5,8H2,2H3. The normalized spacial score (nSPS) is 11.8. The van der Waals surface area contributed by atoms with Crippen molar-refractivity contribution in [3.8, 4) is 12.3 Å². The van der Waals surface area contributed by atoms with Gasteiger partial charge in [-0.15, -0.1) is 12.3 Å². The SMILES string of the molecule is C#CCC(C)NCc1cccc([N+](=O)[O-])c1Br. The van der Waals surface area contributed by atoms with Crippen LogP contribution in [-0.2, 0) is 6.54 Å². The second kappa shape index (κ2) is 6.38. The zero-order chi connectivity index (χ0) is 12.8. The van der Waals surface area contributed by atoms with Crippen LogP contribution in [0.3, 0.4) is 0 Å². The summed E-state index contributed by atoms with van der Waals surface area (Å²) in [5.41, 5.74) is 0.928. The van der Waals surface area contributed by atoms with Crippen LogP contribution in [0.4, 0.5) is 5.69 Å². The van der Waals surface area contributed by atoms with E-state index in [9.17, 15) is 10.1 Å². The molecule has 0 aliphatic rings. The van der Waals surface area contributed by atoms with Crippen LogP contribution in [0, 0.1) is 22.5 Å². The summed E-state index contributed by atoms with van der Waals surface area (Å²) >= 11 is 3.25. The van der Waals surface area contributed by atoms with Crippen molar-refractivity contribution in [1.29, 1.82) is 0 Å². The number of nitro groups is 1. The quantitative estimate of drug-likeness (QED) is 0.516. The first kappa shape index (κ1) is 13.7. The van der Waals surface area contributed by atoms with Gasteiger partial charge in [0, 0.05) is 25.1 Å². The van der Waals surface area contributed by atoms with Gasteiger partial charge in [-0.25, -0.2) is 0 Å². The fourth-order valence-electron chi connectivity index (χ4n) is 1.38. The highest BCUT2D eigenvalue weighted by Crippen LogP contribution is 2.28. The Morgan fingerprint density at radius 3 is 2.94 bits per heavy atom. The van der Waals surface area contributed by atoms with Crippen LogP contribution in [0.25, 0.3) is 0 Å². The van der Waals surface area contributed by atoms with E-state index in [-0.39, 0.29) is 11.7 Å². The van der Waals surface area contributed by atoms with Gasteiger partial charge in [0.05, 0.1) is 9.40 Å². The third-order valence-electron chi connectivity index (χ3n) is 2.32. The van der Waals surface area contributed by atoms with Crippen LogP contribution in [0.5, 0.6) is 0 Å². The van der Waals surface area contributed by atoms with E-state index < -0.39 is 4.92 Å². The van der Waals surface area contributed by atoms with Crippen LogP contribution in [0.1, 0.15) is 18.9 Å². The fourth-order valence-corrected chi connectivity index (χ4v) is 1.93. The Balaban J connectivity index is 2.76. The molecule has 1 atom stereocenters. The van der Waals surface area contributed by atoms with Crippen molar-refractivity contribution in [3.63, 3.8) is 0 Å². The van der Waals surface area contributed by atoms with Crippen LogP contribution < -0.4 is 5.32 Å². The Labute approximate surface area is 109 Å². The first-order chi connectivity index (χ1) is 8.06. The number of nitrogens with one attached hydrogen (secondary N) is 1. The molecule has 0 aliphatic heterocycles. The first-order valence-corrected chi connectivity index (χ1v) is 5.94. The topological polar surface area (TPSA) is 55.2 Å². The summed E-state index contributed by atoms with van der Waals surface area (Å²) in [4.78, 5) is 10.3. The number of nitrogens with zero attached hydrogens (tertiary/aromatic N) is 1. The maximum atomic E-state index is 10.7. The van der Waals surface area contributed by atoms with Crippen LogP contribution >= 0.6 is 15.9 Å². The average Bonchev–Trinajstić information content (AvgIpc) is 2.27. The number of hydrogen-bond acceptors (Lipinski definition) is 3. The van der Waals surface area contributed by atoms with E-state index in [1.807, 2.05) is 13.0 Å². The highest BCUT2D eigenvalue weighted by molar-refractivity contribution is 9.10. The number of hydrogen-bond donors (Lipinski definition) is 1. The maximum absolute atomic E-state index is 10.7. The zero-order valence-electron chi connectivity index (χ0n) is 9.44. The molecule has 0 saturated heterocycles. The molecule has 5 heteroatoms. The first-order valence-electron chi connectivity index (χ1n) is 5.15. The van der Waals surface area contributed by atoms with Crippen molar-refractivity contribution < 1.29 is 4.92 Å². The molecule has 0 bridgehead atoms. The van der Waals surface area contributed by atoms with Gasteiger partial charge < -0.3 is 5.32 Å². The summed E-state index contributed by atoms with van der Waals surface area (Å²) in [6.45, 7) is 2.52. The van der Waals surface area contributed by atoms with Gasteiger partial charge in [-0.1, -0.05) is 12.1 Å². The maximum Gasteiger partial charge on any atom is 0.283 e. The smallest absolute Gasteiger partial charge is 0.283 e. The van der Waals surface area contributed by atoms with Crippen molar-refractivity contribution in [1.82, 2.24) is 5.32 Å². The van der Waals surface area contributed by atoms with Crippen molar-refractivity contribution in [2.45, 2.75) is 25.9 Å². The molecule has 4 nitrogen and oxygen atoms in total. The predicted molar refractivity (Wildman–Crippen MR) is 70.5 cm³/mol. The Morgan fingerprint density at radius 1 is 1.65 bits per heavy atom. The predicted octanol–water partition coefficient (Wildman–Crippen LogP) is 2.86. The molecular weight excluding hydrogens is 284 g/mol. The number of nitro benzene ring substituents is 1. The number of benzene rings is 1. The molecule has 1 aromatic rings. The third-order valence-corrected chi connectivity index (χ3v) is 3.24. The summed E-state index contributed by atoms with van der Waals surface area (Å²) < 4.78 is 0.519. The van der Waals surface area contributed by atoms with Crippen LogP contribution in [0.15, 0.2) is 22.7 Å². The van der Waals surface area contributed by atoms with Gasteiger partial charge in [-0.3, -0.25) is 10.1 Å². The van der Waals surface area contributed by atoms with Gasteiger partial charge in [-0.2, -0.15) is 0 Å². The largest absolute Gasteiger partial charge is 0.309 e. The lowest BCUT2D eigenvalue weighted by Crippen LogP contribution is -2.25. The number of terminal acetylenes is 1. The molecule has 0 aromatic heterocycles. The molecule has 0 heterocycles. The molecule has 17 heavy (non-hydrogen) atoms. The van der Waals surface area contributed by atoms with E-state index >= 15 is 0 Å². The molecule has 0 amide bonds. The van der Waals surface area contributed by atoms with Crippen LogP contribution in [0.2, 0.25) is 0 Å². The molecule has 0 saturated carbocycles. The molecule has 1 unspecified atom stereocenters. The lowest BCUT2D eigenvalue weighted by atomic mass is 10.2. The Morgan fingerprint density at radius 2 is 2.35 bits per heavy atom. The van der Waals surface area contributed by atoms with Crippen molar-refractivity contribution >= 4 is 21.6 Å². The number of rotatable bonds is 5. The van der Waals surface area contributed by atoms with E-state index in [0.717, 1.165) is 5.56 Å². The number of halogens is 1. The molecular formula is C12H13BrN2O2. The lowest BCUT2D eigenvalue weighted by molar-refractivity contribution is -0.385. The second-order valence-corrected chi connectivity index (χ2v) is 4.49. The molecule has 0 fully saturated rings. The average molecular weight is 297 g/mol. The lowest BCUT2D eigenvalue weighted by Gasteiger charge is -2.11. The highest BCUT2D eigenvalue weighted by atomic mass is 79.9. The van der Waals surface area contributed by atoms with Crippen molar-refractivity contribution in [3.05, 3.63) is 38.3 Å². The van der Waals surface area contributed by atoms with Gasteiger partial charge >= 0.3 is 0 Å². The van der Waals surface area contributed by atoms with E-state index in [4.69, 9.17) is 6.42 Å². The van der Waals surface area contributed by atoms with Crippen molar-refractivity contribution in [2.24, 2.45) is 0 Å². The minimum Gasteiger partial charge on any atom is -0.309 e. The van der Waals surface area contributed by atoms with E-state index in [0.29, 0.717) is 17.4 Å².